The first-order chi connectivity index (χ1) is 14.6. The van der Waals surface area contributed by atoms with E-state index in [1.165, 1.54) is 40.4 Å². The zero-order valence-electron chi connectivity index (χ0n) is 17.0. The molecule has 1 aliphatic rings. The highest BCUT2D eigenvalue weighted by Gasteiger charge is 2.24. The fourth-order valence-electron chi connectivity index (χ4n) is 3.91. The SMILES string of the molecule is CC(C)c1nc2sc3c(c2c2nnc(SCC(=O)NCc4cccs4)n12)CCCC3. The molecule has 0 unspecified atom stereocenters. The van der Waals surface area contributed by atoms with Crippen LogP contribution in [-0.4, -0.2) is 31.2 Å². The summed E-state index contributed by atoms with van der Waals surface area (Å²) in [7, 11) is 0. The Labute approximate surface area is 187 Å². The van der Waals surface area contributed by atoms with Gasteiger partial charge in [-0.2, -0.15) is 0 Å². The molecule has 0 aromatic carbocycles. The van der Waals surface area contributed by atoms with Gasteiger partial charge < -0.3 is 5.32 Å². The zero-order chi connectivity index (χ0) is 20.7. The molecule has 1 aliphatic carbocycles. The van der Waals surface area contributed by atoms with Crippen LogP contribution in [0, 0.1) is 0 Å². The Balaban J connectivity index is 1.46. The first kappa shape index (κ1) is 20.0. The number of thiophene rings is 2. The zero-order valence-corrected chi connectivity index (χ0v) is 19.4. The maximum atomic E-state index is 12.4. The lowest BCUT2D eigenvalue weighted by atomic mass is 9.97. The lowest BCUT2D eigenvalue weighted by Gasteiger charge is -2.12. The highest BCUT2D eigenvalue weighted by atomic mass is 32.2. The van der Waals surface area contributed by atoms with Crippen molar-refractivity contribution < 1.29 is 4.79 Å². The van der Waals surface area contributed by atoms with Gasteiger partial charge in [0.2, 0.25) is 5.91 Å². The first-order valence-electron chi connectivity index (χ1n) is 10.2. The average Bonchev–Trinajstić information content (AvgIpc) is 3.47. The fourth-order valence-corrected chi connectivity index (χ4v) is 6.59. The van der Waals surface area contributed by atoms with Gasteiger partial charge in [0.05, 0.1) is 17.7 Å². The van der Waals surface area contributed by atoms with Gasteiger partial charge in [-0.3, -0.25) is 9.20 Å². The number of nitrogens with one attached hydrogen (secondary N) is 1. The van der Waals surface area contributed by atoms with Crippen LogP contribution in [0.4, 0.5) is 0 Å². The Kier molecular flexibility index (Phi) is 5.51. The average molecular weight is 458 g/mol. The molecule has 0 saturated heterocycles. The van der Waals surface area contributed by atoms with Crippen molar-refractivity contribution in [3.05, 3.63) is 38.7 Å². The standard InChI is InChI=1S/C21H23N5OS3/c1-12(2)18-23-20-17(14-7-3-4-8-15(14)30-20)19-24-25-21(26(18)19)29-11-16(27)22-10-13-6-5-9-28-13/h5-6,9,12H,3-4,7-8,10-11H2,1-2H3,(H,22,27). The quantitative estimate of drug-likeness (QED) is 0.421. The van der Waals surface area contributed by atoms with E-state index in [1.54, 1.807) is 11.3 Å². The number of rotatable bonds is 6. The molecular weight excluding hydrogens is 434 g/mol. The third kappa shape index (κ3) is 3.63. The van der Waals surface area contributed by atoms with Crippen LogP contribution in [0.2, 0.25) is 0 Å². The monoisotopic (exact) mass is 457 g/mol. The molecule has 0 aliphatic heterocycles. The van der Waals surface area contributed by atoms with Crippen molar-refractivity contribution >= 4 is 56.2 Å². The highest BCUT2D eigenvalue weighted by molar-refractivity contribution is 7.99. The van der Waals surface area contributed by atoms with E-state index in [1.807, 2.05) is 28.8 Å². The topological polar surface area (TPSA) is 72.2 Å². The summed E-state index contributed by atoms with van der Waals surface area (Å²) in [5.74, 6) is 1.50. The molecular formula is C21H23N5OS3. The number of nitrogens with zero attached hydrogens (tertiary/aromatic N) is 4. The molecule has 0 radical (unpaired) electrons. The van der Waals surface area contributed by atoms with Gasteiger partial charge in [0.15, 0.2) is 10.8 Å². The van der Waals surface area contributed by atoms with E-state index in [2.05, 4.69) is 33.8 Å². The van der Waals surface area contributed by atoms with Crippen LogP contribution < -0.4 is 5.32 Å². The number of fused-ring (bicyclic) bond motifs is 5. The smallest absolute Gasteiger partial charge is 0.230 e. The van der Waals surface area contributed by atoms with Gasteiger partial charge in [-0.1, -0.05) is 31.7 Å². The minimum absolute atomic E-state index is 0.00167. The van der Waals surface area contributed by atoms with E-state index in [4.69, 9.17) is 4.98 Å². The largest absolute Gasteiger partial charge is 0.350 e. The number of thioether (sulfide) groups is 1. The van der Waals surface area contributed by atoms with Gasteiger partial charge in [-0.25, -0.2) is 4.98 Å². The van der Waals surface area contributed by atoms with E-state index >= 15 is 0 Å². The minimum atomic E-state index is -0.00167. The molecule has 30 heavy (non-hydrogen) atoms. The summed E-state index contributed by atoms with van der Waals surface area (Å²) < 4.78 is 2.08. The van der Waals surface area contributed by atoms with E-state index < -0.39 is 0 Å². The van der Waals surface area contributed by atoms with Gasteiger partial charge in [0.25, 0.3) is 0 Å². The molecule has 1 amide bonds. The molecule has 5 rings (SSSR count). The molecule has 156 valence electrons. The number of carbonyl (C=O) groups excluding carboxylic acids is 1. The van der Waals surface area contributed by atoms with Crippen molar-refractivity contribution in [3.8, 4) is 0 Å². The molecule has 1 N–H and O–H groups in total. The van der Waals surface area contributed by atoms with Crippen molar-refractivity contribution in [2.45, 2.75) is 57.1 Å². The molecule has 0 atom stereocenters. The Morgan fingerprint density at radius 1 is 1.30 bits per heavy atom. The van der Waals surface area contributed by atoms with Gasteiger partial charge in [0.1, 0.15) is 10.7 Å². The Morgan fingerprint density at radius 3 is 2.97 bits per heavy atom. The van der Waals surface area contributed by atoms with Crippen LogP contribution in [0.1, 0.15) is 53.7 Å². The molecule has 4 aromatic rings. The Hall–Kier alpha value is -1.97. The number of hydrogen-bond acceptors (Lipinski definition) is 7. The van der Waals surface area contributed by atoms with E-state index in [0.717, 1.165) is 39.2 Å². The molecule has 0 spiro atoms. The summed E-state index contributed by atoms with van der Waals surface area (Å²) in [5.41, 5.74) is 2.30. The van der Waals surface area contributed by atoms with Crippen LogP contribution in [0.15, 0.2) is 22.7 Å². The molecule has 4 aromatic heterocycles. The van der Waals surface area contributed by atoms with Gasteiger partial charge in [-0.15, -0.1) is 32.9 Å². The van der Waals surface area contributed by atoms with E-state index in [-0.39, 0.29) is 11.8 Å². The lowest BCUT2D eigenvalue weighted by Crippen LogP contribution is -2.24. The number of amides is 1. The van der Waals surface area contributed by atoms with Crippen molar-refractivity contribution in [3.63, 3.8) is 0 Å². The second kappa shape index (κ2) is 8.28. The Bertz CT molecular complexity index is 1210. The summed E-state index contributed by atoms with van der Waals surface area (Å²) >= 11 is 4.89. The summed E-state index contributed by atoms with van der Waals surface area (Å²) in [5, 5.41) is 15.9. The third-order valence-electron chi connectivity index (χ3n) is 5.34. The second-order valence-electron chi connectivity index (χ2n) is 7.80. The van der Waals surface area contributed by atoms with Crippen LogP contribution in [0.5, 0.6) is 0 Å². The normalized spacial score (nSPS) is 14.0. The molecule has 4 heterocycles. The third-order valence-corrected chi connectivity index (χ3v) is 8.33. The van der Waals surface area contributed by atoms with Crippen LogP contribution in [0.25, 0.3) is 15.9 Å². The van der Waals surface area contributed by atoms with E-state index in [0.29, 0.717) is 12.3 Å². The molecule has 6 nitrogen and oxygen atoms in total. The lowest BCUT2D eigenvalue weighted by molar-refractivity contribution is -0.118. The molecule has 0 saturated carbocycles. The van der Waals surface area contributed by atoms with Crippen LogP contribution in [0.3, 0.4) is 0 Å². The fraction of sp³-hybridized carbons (Fsp3) is 0.429. The summed E-state index contributed by atoms with van der Waals surface area (Å²) in [6, 6.07) is 4.02. The number of aromatic nitrogens is 4. The predicted octanol–water partition coefficient (Wildman–Crippen LogP) is 4.81. The van der Waals surface area contributed by atoms with Crippen molar-refractivity contribution in [1.82, 2.24) is 24.9 Å². The number of hydrogen-bond donors (Lipinski definition) is 1. The summed E-state index contributed by atoms with van der Waals surface area (Å²) in [4.78, 5) is 21.1. The van der Waals surface area contributed by atoms with Crippen molar-refractivity contribution in [2.24, 2.45) is 0 Å². The molecule has 0 fully saturated rings. The van der Waals surface area contributed by atoms with Crippen molar-refractivity contribution in [1.29, 1.82) is 0 Å². The minimum Gasteiger partial charge on any atom is -0.350 e. The number of carbonyl (C=O) groups is 1. The van der Waals surface area contributed by atoms with Crippen LogP contribution >= 0.6 is 34.4 Å². The van der Waals surface area contributed by atoms with Gasteiger partial charge >= 0.3 is 0 Å². The van der Waals surface area contributed by atoms with Crippen molar-refractivity contribution in [2.75, 3.05) is 5.75 Å². The van der Waals surface area contributed by atoms with Gasteiger partial charge in [0, 0.05) is 15.7 Å². The maximum absolute atomic E-state index is 12.4. The molecule has 9 heteroatoms. The van der Waals surface area contributed by atoms with Gasteiger partial charge in [-0.05, 0) is 42.7 Å². The predicted molar refractivity (Wildman–Crippen MR) is 124 cm³/mol. The van der Waals surface area contributed by atoms with Crippen LogP contribution in [-0.2, 0) is 24.2 Å². The molecule has 0 bridgehead atoms. The number of aryl methyl sites for hydroxylation is 2. The Morgan fingerprint density at radius 2 is 2.17 bits per heavy atom. The highest BCUT2D eigenvalue weighted by Crippen LogP contribution is 2.39. The first-order valence-corrected chi connectivity index (χ1v) is 12.9. The summed E-state index contributed by atoms with van der Waals surface area (Å²) in [6.45, 7) is 4.85. The second-order valence-corrected chi connectivity index (χ2v) is 10.9. The van der Waals surface area contributed by atoms with E-state index in [9.17, 15) is 4.79 Å². The maximum Gasteiger partial charge on any atom is 0.230 e. The summed E-state index contributed by atoms with van der Waals surface area (Å²) in [6.07, 6.45) is 4.70.